The normalized spacial score (nSPS) is 11.8. The summed E-state index contributed by atoms with van der Waals surface area (Å²) in [4.78, 5) is 0. The molecule has 0 spiro atoms. The van der Waals surface area contributed by atoms with Crippen LogP contribution in [0.3, 0.4) is 0 Å². The van der Waals surface area contributed by atoms with Gasteiger partial charge in [-0.15, -0.1) is 13.2 Å². The summed E-state index contributed by atoms with van der Waals surface area (Å²) in [5, 5.41) is 17.5. The van der Waals surface area contributed by atoms with Crippen LogP contribution in [0, 0.1) is 0 Å². The molecule has 9 heteroatoms. The molecule has 0 radical (unpaired) electrons. The molecule has 0 amide bonds. The Bertz CT molecular complexity index is 393. The minimum absolute atomic E-state index is 0.538. The van der Waals surface area contributed by atoms with Crippen molar-refractivity contribution in [2.45, 2.75) is 12.8 Å². The first-order valence-corrected chi connectivity index (χ1v) is 4.24. The first-order valence-electron chi connectivity index (χ1n) is 4.24. The van der Waals surface area contributed by atoms with E-state index in [1.165, 1.54) is 0 Å². The number of halogens is 5. The number of hydrogen-bond donors (Lipinski definition) is 2. The third kappa shape index (κ3) is 3.86. The molecule has 0 bridgehead atoms. The van der Waals surface area contributed by atoms with Crippen molar-refractivity contribution >= 4 is 12.6 Å². The predicted octanol–water partition coefficient (Wildman–Crippen LogP) is 1.20. The summed E-state index contributed by atoms with van der Waals surface area (Å²) in [5.74, 6) is -0.933. The molecule has 1 aromatic rings. The molecule has 0 aliphatic heterocycles. The van der Waals surface area contributed by atoms with Crippen molar-refractivity contribution in [2.24, 2.45) is 0 Å². The molecule has 0 unspecified atom stereocenters. The highest BCUT2D eigenvalue weighted by Crippen LogP contribution is 2.24. The van der Waals surface area contributed by atoms with Crippen LogP contribution in [0.5, 0.6) is 5.75 Å². The van der Waals surface area contributed by atoms with Crippen molar-refractivity contribution in [1.82, 2.24) is 0 Å². The van der Waals surface area contributed by atoms with Gasteiger partial charge in [-0.3, -0.25) is 0 Å². The molecular formula is C8H6BF5O3. The molecule has 0 saturated heterocycles. The quantitative estimate of drug-likeness (QED) is 0.631. The Labute approximate surface area is 92.6 Å². The van der Waals surface area contributed by atoms with Gasteiger partial charge in [0.05, 0.1) is 0 Å². The summed E-state index contributed by atoms with van der Waals surface area (Å²) in [6.07, 6.45) is -7.98. The van der Waals surface area contributed by atoms with E-state index in [1.54, 1.807) is 0 Å². The smallest absolute Gasteiger partial charge is 0.423 e. The van der Waals surface area contributed by atoms with E-state index in [9.17, 15) is 22.0 Å². The third-order valence-electron chi connectivity index (χ3n) is 1.79. The van der Waals surface area contributed by atoms with E-state index < -0.39 is 36.7 Å². The first-order chi connectivity index (χ1) is 7.70. The van der Waals surface area contributed by atoms with Crippen molar-refractivity contribution in [3.8, 4) is 5.75 Å². The average Bonchev–Trinajstić information content (AvgIpc) is 2.14. The van der Waals surface area contributed by atoms with Crippen molar-refractivity contribution in [3.05, 3.63) is 23.8 Å². The van der Waals surface area contributed by atoms with Crippen molar-refractivity contribution in [3.63, 3.8) is 0 Å². The van der Waals surface area contributed by atoms with Crippen LogP contribution in [0.25, 0.3) is 0 Å². The lowest BCUT2D eigenvalue weighted by Gasteiger charge is -2.13. The van der Waals surface area contributed by atoms with Gasteiger partial charge in [0.15, 0.2) is 0 Å². The zero-order valence-corrected chi connectivity index (χ0v) is 8.08. The largest absolute Gasteiger partial charge is 0.573 e. The lowest BCUT2D eigenvalue weighted by Crippen LogP contribution is -2.34. The Balaban J connectivity index is 3.13. The molecule has 0 heterocycles. The van der Waals surface area contributed by atoms with Crippen LogP contribution in [-0.4, -0.2) is 23.5 Å². The summed E-state index contributed by atoms with van der Waals surface area (Å²) in [5.41, 5.74) is -1.41. The molecule has 0 aromatic heterocycles. The summed E-state index contributed by atoms with van der Waals surface area (Å²) in [6, 6.07) is 1.85. The SMILES string of the molecule is OB(O)c1cc(C(F)F)ccc1OC(F)(F)F. The molecule has 1 aromatic carbocycles. The molecule has 0 saturated carbocycles. The van der Waals surface area contributed by atoms with E-state index in [2.05, 4.69) is 4.74 Å². The van der Waals surface area contributed by atoms with Crippen LogP contribution in [-0.2, 0) is 0 Å². The lowest BCUT2D eigenvalue weighted by molar-refractivity contribution is -0.274. The van der Waals surface area contributed by atoms with E-state index in [4.69, 9.17) is 10.0 Å². The van der Waals surface area contributed by atoms with Crippen LogP contribution in [0.4, 0.5) is 22.0 Å². The zero-order chi connectivity index (χ0) is 13.2. The summed E-state index contributed by atoms with van der Waals surface area (Å²) < 4.78 is 63.7. The molecule has 2 N–H and O–H groups in total. The Morgan fingerprint density at radius 3 is 2.18 bits per heavy atom. The highest BCUT2D eigenvalue weighted by molar-refractivity contribution is 6.59. The summed E-state index contributed by atoms with van der Waals surface area (Å²) >= 11 is 0. The molecular weight excluding hydrogens is 250 g/mol. The Hall–Kier alpha value is -1.35. The van der Waals surface area contributed by atoms with Crippen LogP contribution >= 0.6 is 0 Å². The summed E-state index contributed by atoms with van der Waals surface area (Å²) in [7, 11) is -2.34. The number of ether oxygens (including phenoxy) is 1. The fraction of sp³-hybridized carbons (Fsp3) is 0.250. The van der Waals surface area contributed by atoms with Gasteiger partial charge in [-0.2, -0.15) is 0 Å². The van der Waals surface area contributed by atoms with Gasteiger partial charge in [-0.05, 0) is 18.2 Å². The number of rotatable bonds is 3. The van der Waals surface area contributed by atoms with Gasteiger partial charge in [0, 0.05) is 11.0 Å². The molecule has 0 atom stereocenters. The monoisotopic (exact) mass is 256 g/mol. The fourth-order valence-electron chi connectivity index (χ4n) is 1.12. The maximum atomic E-state index is 12.3. The van der Waals surface area contributed by atoms with Gasteiger partial charge >= 0.3 is 13.5 Å². The van der Waals surface area contributed by atoms with Gasteiger partial charge in [0.1, 0.15) is 5.75 Å². The zero-order valence-electron chi connectivity index (χ0n) is 8.08. The van der Waals surface area contributed by atoms with Gasteiger partial charge in [-0.25, -0.2) is 8.78 Å². The van der Waals surface area contributed by atoms with Gasteiger partial charge < -0.3 is 14.8 Å². The van der Waals surface area contributed by atoms with Gasteiger partial charge in [-0.1, -0.05) is 0 Å². The van der Waals surface area contributed by atoms with Crippen molar-refractivity contribution < 1.29 is 36.7 Å². The highest BCUT2D eigenvalue weighted by atomic mass is 19.4. The second-order valence-corrected chi connectivity index (χ2v) is 3.02. The Morgan fingerprint density at radius 1 is 1.18 bits per heavy atom. The van der Waals surface area contributed by atoms with E-state index in [0.29, 0.717) is 18.2 Å². The van der Waals surface area contributed by atoms with E-state index in [0.717, 1.165) is 0 Å². The van der Waals surface area contributed by atoms with Crippen molar-refractivity contribution in [1.29, 1.82) is 0 Å². The molecule has 0 aliphatic rings. The minimum atomic E-state index is -5.05. The molecule has 1 rings (SSSR count). The number of hydrogen-bond acceptors (Lipinski definition) is 3. The lowest BCUT2D eigenvalue weighted by atomic mass is 9.78. The second kappa shape index (κ2) is 4.88. The molecule has 0 fully saturated rings. The fourth-order valence-corrected chi connectivity index (χ4v) is 1.12. The standard InChI is InChI=1S/C8H6BF5O3/c10-7(11)4-1-2-6(17-8(12,13)14)5(3-4)9(15)16/h1-3,7,15-16H. The second-order valence-electron chi connectivity index (χ2n) is 3.02. The van der Waals surface area contributed by atoms with E-state index in [1.807, 2.05) is 0 Å². The number of alkyl halides is 5. The van der Waals surface area contributed by atoms with Crippen molar-refractivity contribution in [2.75, 3.05) is 0 Å². The van der Waals surface area contributed by atoms with Crippen LogP contribution < -0.4 is 10.2 Å². The highest BCUT2D eigenvalue weighted by Gasteiger charge is 2.33. The van der Waals surface area contributed by atoms with Gasteiger partial charge in [0.25, 0.3) is 6.43 Å². The topological polar surface area (TPSA) is 49.7 Å². The van der Waals surface area contributed by atoms with E-state index >= 15 is 0 Å². The average molecular weight is 256 g/mol. The van der Waals surface area contributed by atoms with Crippen LogP contribution in [0.15, 0.2) is 18.2 Å². The molecule has 0 aliphatic carbocycles. The molecule has 94 valence electrons. The van der Waals surface area contributed by atoms with Crippen LogP contribution in [0.2, 0.25) is 0 Å². The molecule has 17 heavy (non-hydrogen) atoms. The van der Waals surface area contributed by atoms with E-state index in [-0.39, 0.29) is 0 Å². The minimum Gasteiger partial charge on any atom is -0.423 e. The Morgan fingerprint density at radius 2 is 1.76 bits per heavy atom. The maximum Gasteiger partial charge on any atom is 0.573 e. The van der Waals surface area contributed by atoms with Gasteiger partial charge in [0.2, 0.25) is 0 Å². The first kappa shape index (κ1) is 13.7. The molecule has 3 nitrogen and oxygen atoms in total. The number of benzene rings is 1. The third-order valence-corrected chi connectivity index (χ3v) is 1.79. The maximum absolute atomic E-state index is 12.3. The Kier molecular flexibility index (Phi) is 3.94. The summed E-state index contributed by atoms with van der Waals surface area (Å²) in [6.45, 7) is 0. The van der Waals surface area contributed by atoms with Crippen LogP contribution in [0.1, 0.15) is 12.0 Å². The predicted molar refractivity (Wildman–Crippen MR) is 47.9 cm³/mol.